The highest BCUT2D eigenvalue weighted by molar-refractivity contribution is 6.19. The van der Waals surface area contributed by atoms with Gasteiger partial charge in [-0.25, -0.2) is 4.79 Å². The number of carboxylic acids is 1. The van der Waals surface area contributed by atoms with Crippen LogP contribution in [-0.2, 0) is 19.1 Å². The molecule has 2 saturated heterocycles. The van der Waals surface area contributed by atoms with Crippen LogP contribution in [0.3, 0.4) is 0 Å². The summed E-state index contributed by atoms with van der Waals surface area (Å²) in [4.78, 5) is 41.0. The van der Waals surface area contributed by atoms with Gasteiger partial charge in [0.15, 0.2) is 22.8 Å². The summed E-state index contributed by atoms with van der Waals surface area (Å²) in [6.07, 6.45) is 8.32. The van der Waals surface area contributed by atoms with Crippen molar-refractivity contribution in [1.82, 2.24) is 0 Å². The number of aliphatic hydroxyl groups excluding tert-OH is 1. The maximum Gasteiger partial charge on any atom is 0.330 e. The number of allylic oxidation sites excluding steroid dienone is 3. The van der Waals surface area contributed by atoms with Crippen LogP contribution < -0.4 is 9.47 Å². The average Bonchev–Trinajstić information content (AvgIpc) is 3.60. The van der Waals surface area contributed by atoms with Gasteiger partial charge >= 0.3 is 5.97 Å². The molecule has 0 aromatic heterocycles. The van der Waals surface area contributed by atoms with Gasteiger partial charge < -0.3 is 34.3 Å². The van der Waals surface area contributed by atoms with E-state index < -0.39 is 63.8 Å². The van der Waals surface area contributed by atoms with Gasteiger partial charge in [-0.05, 0) is 86.8 Å². The van der Waals surface area contributed by atoms with Crippen molar-refractivity contribution in [2.24, 2.45) is 11.8 Å². The monoisotopic (exact) mass is 660 g/mol. The van der Waals surface area contributed by atoms with Crippen LogP contribution in [0.4, 0.5) is 0 Å². The lowest BCUT2D eigenvalue weighted by atomic mass is 9.51. The number of aliphatic hydroxyl groups is 1. The van der Waals surface area contributed by atoms with Gasteiger partial charge in [-0.1, -0.05) is 23.8 Å². The summed E-state index contributed by atoms with van der Waals surface area (Å²) in [5.74, 6) is -3.34. The second kappa shape index (κ2) is 10.2. The fraction of sp³-hybridized carbons (Fsp3) is 0.553. The molecule has 1 spiro atoms. The average molecular weight is 661 g/mol. The Morgan fingerprint density at radius 1 is 1.04 bits per heavy atom. The first-order valence-electron chi connectivity index (χ1n) is 16.7. The quantitative estimate of drug-likeness (QED) is 0.174. The molecule has 256 valence electrons. The zero-order valence-corrected chi connectivity index (χ0v) is 28.7. The van der Waals surface area contributed by atoms with Crippen molar-refractivity contribution < 1.29 is 48.7 Å². The maximum absolute atomic E-state index is 14.8. The van der Waals surface area contributed by atoms with Crippen LogP contribution in [0.25, 0.3) is 6.08 Å². The number of carbonyl (C=O) groups is 3. The minimum Gasteiger partial charge on any atom is -0.506 e. The van der Waals surface area contributed by atoms with E-state index in [0.29, 0.717) is 12.8 Å². The fourth-order valence-electron chi connectivity index (χ4n) is 8.79. The van der Waals surface area contributed by atoms with Gasteiger partial charge in [-0.2, -0.15) is 0 Å². The van der Waals surface area contributed by atoms with Crippen molar-refractivity contribution in [2.45, 2.75) is 121 Å². The predicted octanol–water partition coefficient (Wildman–Crippen LogP) is 5.94. The highest BCUT2D eigenvalue weighted by atomic mass is 16.6. The lowest BCUT2D eigenvalue weighted by molar-refractivity contribution is -0.171. The number of benzene rings is 1. The van der Waals surface area contributed by atoms with E-state index >= 15 is 0 Å². The molecule has 1 aromatic rings. The number of carbonyl (C=O) groups excluding carboxylic acids is 2. The zero-order chi connectivity index (χ0) is 34.9. The minimum atomic E-state index is -1.74. The second-order valence-electron chi connectivity index (χ2n) is 15.8. The van der Waals surface area contributed by atoms with Gasteiger partial charge in [-0.15, -0.1) is 0 Å². The molecule has 3 unspecified atom stereocenters. The SMILES string of the molecule is CC(C)=CCC[C@@]1(C)C=Cc2c(O)c3c(c(C(O)C4OC4(C)C)c2O1)O[C@]12C(=C[C@@H]4CC1C(C)(C)O[C@@]2(C/C=C(/C)C(=O)O)C4=O)C3=O. The summed E-state index contributed by atoms with van der Waals surface area (Å²) in [6.45, 7) is 14.8. The van der Waals surface area contributed by atoms with E-state index in [2.05, 4.69) is 6.08 Å². The fourth-order valence-corrected chi connectivity index (χ4v) is 8.79. The molecule has 10 heteroatoms. The molecule has 1 saturated carbocycles. The van der Waals surface area contributed by atoms with Crippen LogP contribution in [0.2, 0.25) is 0 Å². The number of Topliss-reactive ketones (excluding diaryl/α,β-unsaturated/α-hetero) is 2. The van der Waals surface area contributed by atoms with Gasteiger partial charge in [0.05, 0.1) is 22.3 Å². The lowest BCUT2D eigenvalue weighted by Gasteiger charge is -2.56. The summed E-state index contributed by atoms with van der Waals surface area (Å²) in [6, 6.07) is 0. The third-order valence-electron chi connectivity index (χ3n) is 11.4. The van der Waals surface area contributed by atoms with Crippen LogP contribution >= 0.6 is 0 Å². The summed E-state index contributed by atoms with van der Waals surface area (Å²) in [7, 11) is 0. The first-order valence-corrected chi connectivity index (χ1v) is 16.7. The van der Waals surface area contributed by atoms with Crippen LogP contribution in [-0.4, -0.2) is 67.0 Å². The van der Waals surface area contributed by atoms with E-state index in [-0.39, 0.29) is 57.3 Å². The molecule has 4 aliphatic heterocycles. The summed E-state index contributed by atoms with van der Waals surface area (Å²) >= 11 is 0. The van der Waals surface area contributed by atoms with Crippen LogP contribution in [0, 0.1) is 11.8 Å². The normalized spacial score (nSPS) is 35.1. The van der Waals surface area contributed by atoms with Crippen LogP contribution in [0.5, 0.6) is 17.2 Å². The van der Waals surface area contributed by atoms with Gasteiger partial charge in [0, 0.05) is 29.4 Å². The van der Waals surface area contributed by atoms with Crippen molar-refractivity contribution >= 4 is 23.6 Å². The number of rotatable bonds is 8. The number of ether oxygens (including phenoxy) is 4. The Labute approximate surface area is 280 Å². The number of epoxide rings is 1. The molecule has 8 rings (SSSR count). The number of aliphatic carboxylic acids is 1. The molecule has 48 heavy (non-hydrogen) atoms. The molecule has 3 aliphatic carbocycles. The number of phenolic OH excluding ortho intramolecular Hbond substituents is 1. The number of aromatic hydroxyl groups is 1. The number of ketones is 2. The second-order valence-corrected chi connectivity index (χ2v) is 15.8. The van der Waals surface area contributed by atoms with Crippen molar-refractivity contribution in [3.05, 3.63) is 57.7 Å². The molecule has 10 nitrogen and oxygen atoms in total. The molecular weight excluding hydrogens is 616 g/mol. The van der Waals surface area contributed by atoms with Crippen molar-refractivity contribution in [1.29, 1.82) is 0 Å². The Balaban J connectivity index is 1.47. The van der Waals surface area contributed by atoms with E-state index in [1.807, 2.05) is 54.5 Å². The third kappa shape index (κ3) is 4.31. The van der Waals surface area contributed by atoms with Crippen molar-refractivity contribution in [3.8, 4) is 17.2 Å². The molecule has 0 amide bonds. The summed E-state index contributed by atoms with van der Waals surface area (Å²) in [5, 5.41) is 33.6. The Kier molecular flexibility index (Phi) is 6.94. The molecule has 3 fully saturated rings. The van der Waals surface area contributed by atoms with E-state index in [0.717, 1.165) is 6.42 Å². The highest BCUT2D eigenvalue weighted by Gasteiger charge is 2.81. The van der Waals surface area contributed by atoms with Crippen molar-refractivity contribution in [3.63, 3.8) is 0 Å². The first kappa shape index (κ1) is 32.8. The maximum atomic E-state index is 14.8. The van der Waals surface area contributed by atoms with E-state index in [4.69, 9.17) is 18.9 Å². The molecule has 4 heterocycles. The molecule has 0 radical (unpaired) electrons. The number of fused-ring (bicyclic) bond motifs is 2. The van der Waals surface area contributed by atoms with Gasteiger partial charge in [0.1, 0.15) is 40.6 Å². The summed E-state index contributed by atoms with van der Waals surface area (Å²) < 4.78 is 26.4. The van der Waals surface area contributed by atoms with Crippen LogP contribution in [0.15, 0.2) is 41.0 Å². The first-order chi connectivity index (χ1) is 22.3. The summed E-state index contributed by atoms with van der Waals surface area (Å²) in [5.41, 5.74) is -4.16. The van der Waals surface area contributed by atoms with E-state index in [9.17, 15) is 29.7 Å². The highest BCUT2D eigenvalue weighted by Crippen LogP contribution is 2.69. The topological polar surface area (TPSA) is 152 Å². The van der Waals surface area contributed by atoms with E-state index in [1.165, 1.54) is 18.6 Å². The van der Waals surface area contributed by atoms with Gasteiger partial charge in [0.25, 0.3) is 0 Å². The molecule has 3 N–H and O–H groups in total. The minimum absolute atomic E-state index is 0.0245. The zero-order valence-electron chi connectivity index (χ0n) is 28.7. The smallest absolute Gasteiger partial charge is 0.330 e. The number of carboxylic acid groups (broad SMARTS) is 1. The van der Waals surface area contributed by atoms with Crippen molar-refractivity contribution in [2.75, 3.05) is 0 Å². The number of hydrogen-bond donors (Lipinski definition) is 3. The molecule has 1 aromatic carbocycles. The largest absolute Gasteiger partial charge is 0.506 e. The van der Waals surface area contributed by atoms with Gasteiger partial charge in [-0.3, -0.25) is 9.59 Å². The lowest BCUT2D eigenvalue weighted by Crippen LogP contribution is -2.72. The standard InChI is InChI=1S/C38H44O10/c1-18(2)10-9-13-36(8)14-12-21-26(39)24-27(40)22-16-20-17-23-34(4,5)48-37(31(20)42,15-11-19(3)33(43)44)38(22,23)46-30(24)25(29(21)45-36)28(41)32-35(6,7)47-32/h10-12,14,16,20,23,28,32,39,41H,9,13,15,17H2,1-8H3,(H,43,44)/b19-11-/t20-,23?,28?,32?,36+,37+,38-/m1/s1. The van der Waals surface area contributed by atoms with Crippen LogP contribution in [0.1, 0.15) is 109 Å². The number of hydrogen-bond acceptors (Lipinski definition) is 9. The predicted molar refractivity (Wildman–Crippen MR) is 175 cm³/mol. The Hall–Kier alpha value is -3.73. The third-order valence-corrected chi connectivity index (χ3v) is 11.4. The molecular formula is C38H44O10. The molecule has 7 aliphatic rings. The Morgan fingerprint density at radius 2 is 1.73 bits per heavy atom. The molecule has 4 bridgehead atoms. The Morgan fingerprint density at radius 3 is 2.35 bits per heavy atom. The molecule has 7 atom stereocenters. The number of phenols is 1. The van der Waals surface area contributed by atoms with Gasteiger partial charge in [0.2, 0.25) is 0 Å². The van der Waals surface area contributed by atoms with E-state index in [1.54, 1.807) is 12.2 Å². The Bertz CT molecular complexity index is 1800.